The highest BCUT2D eigenvalue weighted by Gasteiger charge is 2.30. The van der Waals surface area contributed by atoms with E-state index in [9.17, 15) is 4.79 Å². The molecule has 2 N–H and O–H groups in total. The summed E-state index contributed by atoms with van der Waals surface area (Å²) >= 11 is 0. The van der Waals surface area contributed by atoms with Gasteiger partial charge in [0.05, 0.1) is 6.26 Å². The lowest BCUT2D eigenvalue weighted by Crippen LogP contribution is -2.42. The Morgan fingerprint density at radius 2 is 2.07 bits per heavy atom. The maximum Gasteiger partial charge on any atom is 0.287 e. The minimum absolute atomic E-state index is 0. The molecule has 3 heterocycles. The van der Waals surface area contributed by atoms with Crippen LogP contribution in [0.4, 0.5) is 0 Å². The summed E-state index contributed by atoms with van der Waals surface area (Å²) in [4.78, 5) is 21.8. The molecule has 2 fully saturated rings. The van der Waals surface area contributed by atoms with E-state index in [2.05, 4.69) is 27.4 Å². The molecule has 0 aliphatic carbocycles. The lowest BCUT2D eigenvalue weighted by Gasteiger charge is -2.25. The van der Waals surface area contributed by atoms with Crippen molar-refractivity contribution in [3.05, 3.63) is 23.7 Å². The van der Waals surface area contributed by atoms with Gasteiger partial charge in [0.25, 0.3) is 5.91 Å². The van der Waals surface area contributed by atoms with Gasteiger partial charge in [-0.3, -0.25) is 14.7 Å². The van der Waals surface area contributed by atoms with Crippen LogP contribution in [-0.4, -0.2) is 73.5 Å². The number of hydrogen-bond donors (Lipinski definition) is 2. The first-order valence-corrected chi connectivity index (χ1v) is 10.3. The number of rotatable bonds is 7. The maximum atomic E-state index is 12.0. The molecule has 2 aliphatic heterocycles. The molecule has 0 radical (unpaired) electrons. The number of hydrogen-bond acceptors (Lipinski definition) is 4. The quantitative estimate of drug-likeness (QED) is 0.259. The number of amides is 1. The minimum atomic E-state index is -0.151. The molecular formula is C20H34IN5O2. The average molecular weight is 503 g/mol. The number of furan rings is 1. The van der Waals surface area contributed by atoms with Crippen molar-refractivity contribution in [3.8, 4) is 0 Å². The number of aryl methyl sites for hydroxylation is 1. The van der Waals surface area contributed by atoms with Gasteiger partial charge >= 0.3 is 0 Å². The summed E-state index contributed by atoms with van der Waals surface area (Å²) in [6.07, 6.45) is 6.26. The highest BCUT2D eigenvalue weighted by Crippen LogP contribution is 2.20. The van der Waals surface area contributed by atoms with Crippen LogP contribution >= 0.6 is 24.0 Å². The predicted octanol–water partition coefficient (Wildman–Crippen LogP) is 2.46. The molecule has 0 spiro atoms. The van der Waals surface area contributed by atoms with E-state index >= 15 is 0 Å². The summed E-state index contributed by atoms with van der Waals surface area (Å²) in [6, 6.07) is 2.47. The van der Waals surface area contributed by atoms with Crippen molar-refractivity contribution in [1.82, 2.24) is 20.4 Å². The fourth-order valence-electron chi connectivity index (χ4n) is 3.92. The summed E-state index contributed by atoms with van der Waals surface area (Å²) in [5.74, 6) is 1.26. The van der Waals surface area contributed by atoms with Crippen molar-refractivity contribution < 1.29 is 9.21 Å². The second kappa shape index (κ2) is 11.6. The molecular weight excluding hydrogens is 469 g/mol. The second-order valence-electron chi connectivity index (χ2n) is 7.41. The van der Waals surface area contributed by atoms with Crippen LogP contribution in [0, 0.1) is 6.92 Å². The van der Waals surface area contributed by atoms with E-state index in [0.717, 1.165) is 37.6 Å². The van der Waals surface area contributed by atoms with E-state index in [0.29, 0.717) is 24.9 Å². The summed E-state index contributed by atoms with van der Waals surface area (Å²) in [5.41, 5.74) is 0.863. The number of nitrogens with zero attached hydrogens (tertiary/aromatic N) is 3. The molecule has 0 saturated carbocycles. The first-order chi connectivity index (χ1) is 13.2. The molecule has 2 aliphatic rings. The number of likely N-dealkylation sites (tertiary alicyclic amines) is 2. The summed E-state index contributed by atoms with van der Waals surface area (Å²) in [6.45, 7) is 10.8. The van der Waals surface area contributed by atoms with E-state index in [4.69, 9.17) is 9.41 Å². The number of carbonyl (C=O) groups excluding carboxylic acids is 1. The van der Waals surface area contributed by atoms with Crippen LogP contribution in [0.3, 0.4) is 0 Å². The summed E-state index contributed by atoms with van der Waals surface area (Å²) in [5, 5.41) is 6.32. The van der Waals surface area contributed by atoms with Crippen molar-refractivity contribution in [2.75, 3.05) is 45.8 Å². The van der Waals surface area contributed by atoms with E-state index < -0.39 is 0 Å². The fourth-order valence-corrected chi connectivity index (χ4v) is 3.92. The smallest absolute Gasteiger partial charge is 0.287 e. The van der Waals surface area contributed by atoms with Gasteiger partial charge in [-0.05, 0) is 58.7 Å². The van der Waals surface area contributed by atoms with Gasteiger partial charge in [-0.1, -0.05) is 0 Å². The van der Waals surface area contributed by atoms with Gasteiger partial charge in [0.2, 0.25) is 0 Å². The molecule has 1 aromatic rings. The van der Waals surface area contributed by atoms with Gasteiger partial charge in [0.1, 0.15) is 0 Å². The topological polar surface area (TPSA) is 73.1 Å². The largest absolute Gasteiger partial charge is 0.459 e. The normalized spacial score (nSPS) is 20.3. The van der Waals surface area contributed by atoms with Crippen molar-refractivity contribution in [2.45, 2.75) is 45.6 Å². The minimum Gasteiger partial charge on any atom is -0.459 e. The van der Waals surface area contributed by atoms with Gasteiger partial charge in [-0.2, -0.15) is 0 Å². The van der Waals surface area contributed by atoms with Crippen LogP contribution in [0.25, 0.3) is 0 Å². The van der Waals surface area contributed by atoms with Gasteiger partial charge < -0.3 is 20.0 Å². The van der Waals surface area contributed by atoms with Crippen molar-refractivity contribution in [2.24, 2.45) is 4.99 Å². The number of aliphatic imine (C=N–C) groups is 1. The lowest BCUT2D eigenvalue weighted by atomic mass is 10.2. The Labute approximate surface area is 185 Å². The zero-order chi connectivity index (χ0) is 19.1. The van der Waals surface area contributed by atoms with E-state index in [1.54, 1.807) is 12.3 Å². The third-order valence-electron chi connectivity index (χ3n) is 5.41. The Morgan fingerprint density at radius 1 is 1.29 bits per heavy atom. The first kappa shape index (κ1) is 23.0. The zero-order valence-corrected chi connectivity index (χ0v) is 19.4. The molecule has 0 bridgehead atoms. The van der Waals surface area contributed by atoms with E-state index in [-0.39, 0.29) is 29.9 Å². The number of guanidine groups is 1. The molecule has 8 heteroatoms. The van der Waals surface area contributed by atoms with Crippen LogP contribution in [-0.2, 0) is 0 Å². The SMILES string of the molecule is CCNC(=NCCCNC(=O)c1occc1C)N1CCC(N2CCCC2)C1.I. The zero-order valence-electron chi connectivity index (χ0n) is 17.1. The fraction of sp³-hybridized carbons (Fsp3) is 0.700. The van der Waals surface area contributed by atoms with Crippen LogP contribution in [0.15, 0.2) is 21.7 Å². The Kier molecular flexibility index (Phi) is 9.57. The molecule has 1 amide bonds. The van der Waals surface area contributed by atoms with Gasteiger partial charge in [-0.15, -0.1) is 24.0 Å². The van der Waals surface area contributed by atoms with Crippen LogP contribution in [0.5, 0.6) is 0 Å². The third-order valence-corrected chi connectivity index (χ3v) is 5.41. The second-order valence-corrected chi connectivity index (χ2v) is 7.41. The predicted molar refractivity (Wildman–Crippen MR) is 123 cm³/mol. The molecule has 7 nitrogen and oxygen atoms in total. The van der Waals surface area contributed by atoms with Gasteiger partial charge in [-0.25, -0.2) is 0 Å². The Balaban J connectivity index is 0.00000280. The molecule has 1 atom stereocenters. The summed E-state index contributed by atoms with van der Waals surface area (Å²) < 4.78 is 5.21. The molecule has 28 heavy (non-hydrogen) atoms. The molecule has 1 aromatic heterocycles. The van der Waals surface area contributed by atoms with Gasteiger partial charge in [0.15, 0.2) is 11.7 Å². The monoisotopic (exact) mass is 503 g/mol. The molecule has 158 valence electrons. The van der Waals surface area contributed by atoms with E-state index in [1.807, 2.05) is 6.92 Å². The van der Waals surface area contributed by atoms with Crippen LogP contribution < -0.4 is 10.6 Å². The Hall–Kier alpha value is -1.29. The number of nitrogens with one attached hydrogen (secondary N) is 2. The summed E-state index contributed by atoms with van der Waals surface area (Å²) in [7, 11) is 0. The Morgan fingerprint density at radius 3 is 2.75 bits per heavy atom. The maximum absolute atomic E-state index is 12.0. The average Bonchev–Trinajstić information content (AvgIpc) is 3.41. The highest BCUT2D eigenvalue weighted by molar-refractivity contribution is 14.0. The number of carbonyl (C=O) groups is 1. The molecule has 0 aromatic carbocycles. The van der Waals surface area contributed by atoms with Crippen LogP contribution in [0.1, 0.15) is 48.7 Å². The molecule has 3 rings (SSSR count). The van der Waals surface area contributed by atoms with E-state index in [1.165, 1.54) is 32.4 Å². The molecule has 1 unspecified atom stereocenters. The lowest BCUT2D eigenvalue weighted by molar-refractivity contribution is 0.0925. The van der Waals surface area contributed by atoms with Gasteiger partial charge in [0, 0.05) is 44.3 Å². The molecule has 2 saturated heterocycles. The Bertz CT molecular complexity index is 642. The standard InChI is InChI=1S/C20H33N5O2.HI/c1-3-21-20(25-13-7-17(15-25)24-11-4-5-12-24)23-10-6-9-22-19(26)18-16(2)8-14-27-18;/h8,14,17H,3-7,9-13,15H2,1-2H3,(H,21,23)(H,22,26);1H. The first-order valence-electron chi connectivity index (χ1n) is 10.3. The van der Waals surface area contributed by atoms with Crippen molar-refractivity contribution >= 4 is 35.8 Å². The van der Waals surface area contributed by atoms with Crippen molar-refractivity contribution in [1.29, 1.82) is 0 Å². The highest BCUT2D eigenvalue weighted by atomic mass is 127. The van der Waals surface area contributed by atoms with Crippen molar-refractivity contribution in [3.63, 3.8) is 0 Å². The third kappa shape index (κ3) is 6.10. The number of halogens is 1. The van der Waals surface area contributed by atoms with Crippen LogP contribution in [0.2, 0.25) is 0 Å².